The fourth-order valence-corrected chi connectivity index (χ4v) is 3.43. The molecule has 0 spiro atoms. The summed E-state index contributed by atoms with van der Waals surface area (Å²) < 4.78 is 5.54. The van der Waals surface area contributed by atoms with Crippen molar-refractivity contribution >= 4 is 11.3 Å². The molecule has 0 amide bonds. The lowest BCUT2D eigenvalue weighted by molar-refractivity contribution is 0.416. The standard InChI is InChI=1S/C23H26NO/c1-6-9-16(2)20-15-23(3,4)24-21-13-12-17(14-19(20)21)18-10-7-8-11-22(18)25-5/h6-8,10-15,24H,1,9H2,2-5H3. The number of fused-ring (bicyclic) bond motifs is 1. The molecule has 0 aromatic heterocycles. The average molecular weight is 332 g/mol. The summed E-state index contributed by atoms with van der Waals surface area (Å²) in [4.78, 5) is 0. The second-order valence-electron chi connectivity index (χ2n) is 7.14. The summed E-state index contributed by atoms with van der Waals surface area (Å²) in [6, 6.07) is 14.7. The number of anilines is 1. The summed E-state index contributed by atoms with van der Waals surface area (Å²) in [5, 5.41) is 3.62. The van der Waals surface area contributed by atoms with E-state index in [-0.39, 0.29) is 5.54 Å². The maximum atomic E-state index is 5.54. The Morgan fingerprint density at radius 1 is 1.16 bits per heavy atom. The highest BCUT2D eigenvalue weighted by atomic mass is 16.5. The van der Waals surface area contributed by atoms with Gasteiger partial charge in [-0.2, -0.15) is 0 Å². The van der Waals surface area contributed by atoms with Crippen LogP contribution in [0.4, 0.5) is 5.69 Å². The summed E-state index contributed by atoms with van der Waals surface area (Å²) >= 11 is 0. The molecule has 1 heterocycles. The zero-order chi connectivity index (χ0) is 18.0. The first-order valence-corrected chi connectivity index (χ1v) is 8.68. The monoisotopic (exact) mass is 332 g/mol. The van der Waals surface area contributed by atoms with Crippen molar-refractivity contribution in [2.75, 3.05) is 12.4 Å². The van der Waals surface area contributed by atoms with Crippen LogP contribution >= 0.6 is 0 Å². The number of benzene rings is 2. The Balaban J connectivity index is 2.12. The van der Waals surface area contributed by atoms with Crippen molar-refractivity contribution in [1.29, 1.82) is 0 Å². The van der Waals surface area contributed by atoms with Gasteiger partial charge in [0.15, 0.2) is 0 Å². The summed E-state index contributed by atoms with van der Waals surface area (Å²) in [5.74, 6) is 2.23. The number of ether oxygens (including phenoxy) is 1. The third-order valence-electron chi connectivity index (χ3n) is 4.60. The third-order valence-corrected chi connectivity index (χ3v) is 4.60. The van der Waals surface area contributed by atoms with Crippen molar-refractivity contribution in [1.82, 2.24) is 0 Å². The third kappa shape index (κ3) is 3.48. The first kappa shape index (κ1) is 17.3. The minimum absolute atomic E-state index is 0.0727. The summed E-state index contributed by atoms with van der Waals surface area (Å²) in [5.41, 5.74) is 5.91. The van der Waals surface area contributed by atoms with Crippen molar-refractivity contribution in [3.8, 4) is 16.9 Å². The van der Waals surface area contributed by atoms with Gasteiger partial charge in [0.1, 0.15) is 5.75 Å². The van der Waals surface area contributed by atoms with E-state index in [2.05, 4.69) is 63.0 Å². The molecule has 2 heteroatoms. The van der Waals surface area contributed by atoms with Gasteiger partial charge >= 0.3 is 0 Å². The Morgan fingerprint density at radius 2 is 1.92 bits per heavy atom. The number of rotatable bonds is 5. The number of hydrogen-bond donors (Lipinski definition) is 1. The lowest BCUT2D eigenvalue weighted by atomic mass is 9.82. The van der Waals surface area contributed by atoms with Gasteiger partial charge in [-0.3, -0.25) is 0 Å². The van der Waals surface area contributed by atoms with Crippen molar-refractivity contribution in [2.24, 2.45) is 0 Å². The molecular weight excluding hydrogens is 306 g/mol. The molecule has 1 N–H and O–H groups in total. The van der Waals surface area contributed by atoms with Gasteiger partial charge in [-0.25, -0.2) is 0 Å². The number of para-hydroxylation sites is 1. The molecule has 1 radical (unpaired) electrons. The molecule has 2 aromatic rings. The molecule has 0 aliphatic carbocycles. The minimum atomic E-state index is -0.0727. The van der Waals surface area contributed by atoms with Crippen LogP contribution in [0, 0.1) is 5.92 Å². The molecule has 0 bridgehead atoms. The SMILES string of the molecule is C=CC[C](C)C1=CC(C)(C)Nc2ccc(-c3ccccc3OC)cc21. The van der Waals surface area contributed by atoms with Crippen LogP contribution in [0.2, 0.25) is 0 Å². The molecule has 1 aliphatic rings. The zero-order valence-corrected chi connectivity index (χ0v) is 15.5. The minimum Gasteiger partial charge on any atom is -0.496 e. The average Bonchev–Trinajstić information content (AvgIpc) is 2.60. The predicted molar refractivity (Wildman–Crippen MR) is 108 cm³/mol. The first-order chi connectivity index (χ1) is 11.9. The van der Waals surface area contributed by atoms with Crippen LogP contribution < -0.4 is 10.1 Å². The van der Waals surface area contributed by atoms with E-state index in [1.165, 1.54) is 22.7 Å². The lowest BCUT2D eigenvalue weighted by Crippen LogP contribution is -2.32. The zero-order valence-electron chi connectivity index (χ0n) is 15.5. The molecule has 0 saturated carbocycles. The van der Waals surface area contributed by atoms with Crippen molar-refractivity contribution < 1.29 is 4.74 Å². The molecule has 0 fully saturated rings. The highest BCUT2D eigenvalue weighted by molar-refractivity contribution is 5.90. The van der Waals surface area contributed by atoms with Gasteiger partial charge in [0.25, 0.3) is 0 Å². The largest absolute Gasteiger partial charge is 0.496 e. The maximum Gasteiger partial charge on any atom is 0.126 e. The Morgan fingerprint density at radius 3 is 2.64 bits per heavy atom. The van der Waals surface area contributed by atoms with Gasteiger partial charge in [-0.1, -0.05) is 43.3 Å². The van der Waals surface area contributed by atoms with Gasteiger partial charge in [0.05, 0.1) is 12.6 Å². The lowest BCUT2D eigenvalue weighted by Gasteiger charge is -2.34. The second-order valence-corrected chi connectivity index (χ2v) is 7.14. The topological polar surface area (TPSA) is 21.3 Å². The first-order valence-electron chi connectivity index (χ1n) is 8.68. The molecule has 0 unspecified atom stereocenters. The van der Waals surface area contributed by atoms with E-state index in [1.54, 1.807) is 7.11 Å². The van der Waals surface area contributed by atoms with Crippen LogP contribution in [0.25, 0.3) is 16.7 Å². The van der Waals surface area contributed by atoms with Crippen LogP contribution in [-0.2, 0) is 0 Å². The number of hydrogen-bond acceptors (Lipinski definition) is 2. The highest BCUT2D eigenvalue weighted by Gasteiger charge is 2.27. The van der Waals surface area contributed by atoms with Crippen LogP contribution in [0.15, 0.2) is 61.2 Å². The fourth-order valence-electron chi connectivity index (χ4n) is 3.43. The molecule has 3 rings (SSSR count). The van der Waals surface area contributed by atoms with E-state index in [0.29, 0.717) is 0 Å². The van der Waals surface area contributed by atoms with Gasteiger partial charge < -0.3 is 10.1 Å². The number of allylic oxidation sites excluding steroid dienone is 2. The predicted octanol–water partition coefficient (Wildman–Crippen LogP) is 6.12. The van der Waals surface area contributed by atoms with E-state index < -0.39 is 0 Å². The molecule has 0 saturated heterocycles. The Hall–Kier alpha value is -2.48. The van der Waals surface area contributed by atoms with Gasteiger partial charge in [0.2, 0.25) is 0 Å². The molecule has 0 atom stereocenters. The fraction of sp³-hybridized carbons (Fsp3) is 0.261. The molecular formula is C23H26NO. The molecule has 129 valence electrons. The summed E-state index contributed by atoms with van der Waals surface area (Å²) in [6.45, 7) is 10.5. The Bertz CT molecular complexity index is 817. The van der Waals surface area contributed by atoms with Crippen LogP contribution in [-0.4, -0.2) is 12.6 Å². The van der Waals surface area contributed by atoms with Crippen LogP contribution in [0.1, 0.15) is 32.8 Å². The van der Waals surface area contributed by atoms with Crippen molar-refractivity contribution in [2.45, 2.75) is 32.7 Å². The van der Waals surface area contributed by atoms with E-state index in [9.17, 15) is 0 Å². The van der Waals surface area contributed by atoms with Gasteiger partial charge in [-0.05, 0) is 49.6 Å². The molecule has 2 nitrogen and oxygen atoms in total. The normalized spacial score (nSPS) is 15.2. The van der Waals surface area contributed by atoms with Gasteiger partial charge in [-0.15, -0.1) is 6.58 Å². The van der Waals surface area contributed by atoms with Crippen LogP contribution in [0.5, 0.6) is 5.75 Å². The quantitative estimate of drug-likeness (QED) is 0.666. The van der Waals surface area contributed by atoms with Crippen molar-refractivity contribution in [3.63, 3.8) is 0 Å². The smallest absolute Gasteiger partial charge is 0.126 e. The summed E-state index contributed by atoms with van der Waals surface area (Å²) in [7, 11) is 1.72. The molecule has 1 aliphatic heterocycles. The summed E-state index contributed by atoms with van der Waals surface area (Å²) in [6.07, 6.45) is 5.18. The highest BCUT2D eigenvalue weighted by Crippen LogP contribution is 2.42. The Kier molecular flexibility index (Phi) is 4.71. The van der Waals surface area contributed by atoms with E-state index in [0.717, 1.165) is 23.3 Å². The van der Waals surface area contributed by atoms with Crippen LogP contribution in [0.3, 0.4) is 0 Å². The number of nitrogens with one attached hydrogen (secondary N) is 1. The van der Waals surface area contributed by atoms with E-state index >= 15 is 0 Å². The van der Waals surface area contributed by atoms with E-state index in [4.69, 9.17) is 4.74 Å². The Labute approximate surface area is 151 Å². The molecule has 2 aromatic carbocycles. The second kappa shape index (κ2) is 6.79. The maximum absolute atomic E-state index is 5.54. The van der Waals surface area contributed by atoms with E-state index in [1.807, 2.05) is 24.3 Å². The molecule has 25 heavy (non-hydrogen) atoms. The van der Waals surface area contributed by atoms with Gasteiger partial charge in [0, 0.05) is 22.7 Å². The number of methoxy groups -OCH3 is 1. The van der Waals surface area contributed by atoms with Crippen molar-refractivity contribution in [3.05, 3.63) is 72.7 Å².